The summed E-state index contributed by atoms with van der Waals surface area (Å²) in [5.41, 5.74) is 0.587. The molecule has 0 aliphatic rings. The summed E-state index contributed by atoms with van der Waals surface area (Å²) in [7, 11) is 1.59. The van der Waals surface area contributed by atoms with Crippen molar-refractivity contribution in [3.05, 3.63) is 78.9 Å². The highest BCUT2D eigenvalue weighted by atomic mass is 16.5. The van der Waals surface area contributed by atoms with Crippen LogP contribution in [0.1, 0.15) is 13.3 Å². The van der Waals surface area contributed by atoms with E-state index in [1.807, 2.05) is 67.6 Å². The third kappa shape index (κ3) is 5.04. The predicted molar refractivity (Wildman–Crippen MR) is 109 cm³/mol. The molecule has 0 heterocycles. The van der Waals surface area contributed by atoms with Crippen LogP contribution >= 0.6 is 0 Å². The molecule has 1 amide bonds. The summed E-state index contributed by atoms with van der Waals surface area (Å²) < 4.78 is 17.0. The number of nitrogens with one attached hydrogen (secondary N) is 1. The minimum Gasteiger partial charge on any atom is -0.497 e. The van der Waals surface area contributed by atoms with E-state index in [0.717, 1.165) is 0 Å². The average molecular weight is 377 g/mol. The maximum absolute atomic E-state index is 12.8. The molecule has 3 rings (SSSR count). The Labute approximate surface area is 164 Å². The highest BCUT2D eigenvalue weighted by Gasteiger charge is 2.20. The number of amides is 1. The molecule has 3 aromatic carbocycles. The second kappa shape index (κ2) is 9.46. The van der Waals surface area contributed by atoms with Gasteiger partial charge in [0.15, 0.2) is 11.9 Å². The van der Waals surface area contributed by atoms with E-state index in [9.17, 15) is 4.79 Å². The zero-order valence-electron chi connectivity index (χ0n) is 15.9. The Hall–Kier alpha value is -3.47. The van der Waals surface area contributed by atoms with Crippen LogP contribution in [0, 0.1) is 0 Å². The number of methoxy groups -OCH3 is 1. The van der Waals surface area contributed by atoms with Gasteiger partial charge in [0, 0.05) is 6.07 Å². The van der Waals surface area contributed by atoms with Crippen molar-refractivity contribution < 1.29 is 19.0 Å². The van der Waals surface area contributed by atoms with Gasteiger partial charge < -0.3 is 19.5 Å². The van der Waals surface area contributed by atoms with Crippen molar-refractivity contribution in [1.29, 1.82) is 0 Å². The number of carbonyl (C=O) groups is 1. The second-order valence-corrected chi connectivity index (χ2v) is 6.09. The molecule has 1 atom stereocenters. The Kier molecular flexibility index (Phi) is 6.52. The smallest absolute Gasteiger partial charge is 0.265 e. The van der Waals surface area contributed by atoms with E-state index >= 15 is 0 Å². The summed E-state index contributed by atoms with van der Waals surface area (Å²) in [5, 5.41) is 2.91. The Morgan fingerprint density at radius 1 is 0.893 bits per heavy atom. The third-order valence-corrected chi connectivity index (χ3v) is 4.10. The minimum absolute atomic E-state index is 0.241. The van der Waals surface area contributed by atoms with Crippen molar-refractivity contribution in [2.75, 3.05) is 12.4 Å². The number of hydrogen-bond donors (Lipinski definition) is 1. The van der Waals surface area contributed by atoms with Crippen molar-refractivity contribution in [3.63, 3.8) is 0 Å². The summed E-state index contributed by atoms with van der Waals surface area (Å²) in [5.74, 6) is 2.28. The lowest BCUT2D eigenvalue weighted by atomic mass is 10.2. The van der Waals surface area contributed by atoms with E-state index in [0.29, 0.717) is 35.1 Å². The van der Waals surface area contributed by atoms with Crippen LogP contribution in [-0.4, -0.2) is 19.1 Å². The Bertz CT molecular complexity index is 911. The van der Waals surface area contributed by atoms with Gasteiger partial charge >= 0.3 is 0 Å². The topological polar surface area (TPSA) is 56.8 Å². The van der Waals surface area contributed by atoms with Crippen LogP contribution in [0.15, 0.2) is 78.9 Å². The van der Waals surface area contributed by atoms with E-state index in [2.05, 4.69) is 5.32 Å². The number of anilines is 1. The van der Waals surface area contributed by atoms with E-state index in [4.69, 9.17) is 14.2 Å². The fraction of sp³-hybridized carbons (Fsp3) is 0.174. The minimum atomic E-state index is -0.642. The lowest BCUT2D eigenvalue weighted by Crippen LogP contribution is -2.32. The fourth-order valence-electron chi connectivity index (χ4n) is 2.65. The van der Waals surface area contributed by atoms with Gasteiger partial charge in [-0.1, -0.05) is 43.3 Å². The third-order valence-electron chi connectivity index (χ3n) is 4.10. The standard InChI is InChI=1S/C23H23NO4/c1-3-21(28-19-13-9-12-18(16-19)26-2)23(25)24-20-14-7-8-15-22(20)27-17-10-5-4-6-11-17/h4-16,21H,3H2,1-2H3,(H,24,25)/t21-/m1/s1. The molecule has 28 heavy (non-hydrogen) atoms. The molecule has 5 nitrogen and oxygen atoms in total. The van der Waals surface area contributed by atoms with Crippen molar-refractivity contribution in [1.82, 2.24) is 0 Å². The van der Waals surface area contributed by atoms with Crippen molar-refractivity contribution in [2.45, 2.75) is 19.4 Å². The first kappa shape index (κ1) is 19.3. The zero-order chi connectivity index (χ0) is 19.8. The van der Waals surface area contributed by atoms with Gasteiger partial charge in [-0.05, 0) is 42.8 Å². The first-order valence-electron chi connectivity index (χ1n) is 9.13. The van der Waals surface area contributed by atoms with Crippen molar-refractivity contribution >= 4 is 11.6 Å². The van der Waals surface area contributed by atoms with Crippen molar-refractivity contribution in [3.8, 4) is 23.0 Å². The molecule has 0 fully saturated rings. The number of benzene rings is 3. The molecule has 0 saturated heterocycles. The van der Waals surface area contributed by atoms with Gasteiger partial charge in [0.1, 0.15) is 17.2 Å². The molecule has 5 heteroatoms. The van der Waals surface area contributed by atoms with Gasteiger partial charge in [0.25, 0.3) is 5.91 Å². The molecule has 3 aromatic rings. The maximum Gasteiger partial charge on any atom is 0.265 e. The Morgan fingerprint density at radius 3 is 2.32 bits per heavy atom. The number of carbonyl (C=O) groups excluding carboxylic acids is 1. The fourth-order valence-corrected chi connectivity index (χ4v) is 2.65. The Morgan fingerprint density at radius 2 is 1.57 bits per heavy atom. The van der Waals surface area contributed by atoms with Crippen LogP contribution in [-0.2, 0) is 4.79 Å². The van der Waals surface area contributed by atoms with E-state index < -0.39 is 6.10 Å². The molecule has 0 unspecified atom stereocenters. The van der Waals surface area contributed by atoms with E-state index in [-0.39, 0.29) is 5.91 Å². The molecule has 0 aliphatic heterocycles. The van der Waals surface area contributed by atoms with Crippen LogP contribution in [0.3, 0.4) is 0 Å². The van der Waals surface area contributed by atoms with Crippen molar-refractivity contribution in [2.24, 2.45) is 0 Å². The van der Waals surface area contributed by atoms with Crippen LogP contribution in [0.25, 0.3) is 0 Å². The number of para-hydroxylation sites is 3. The quantitative estimate of drug-likeness (QED) is 0.580. The summed E-state index contributed by atoms with van der Waals surface area (Å²) in [6.45, 7) is 1.90. The zero-order valence-corrected chi connectivity index (χ0v) is 15.9. The molecule has 0 radical (unpaired) electrons. The highest BCUT2D eigenvalue weighted by Crippen LogP contribution is 2.29. The first-order valence-corrected chi connectivity index (χ1v) is 9.13. The lowest BCUT2D eigenvalue weighted by Gasteiger charge is -2.19. The van der Waals surface area contributed by atoms with Gasteiger partial charge in [0.2, 0.25) is 0 Å². The second-order valence-electron chi connectivity index (χ2n) is 6.09. The van der Waals surface area contributed by atoms with Crippen LogP contribution < -0.4 is 19.5 Å². The lowest BCUT2D eigenvalue weighted by molar-refractivity contribution is -0.122. The maximum atomic E-state index is 12.8. The van der Waals surface area contributed by atoms with Gasteiger partial charge in [-0.2, -0.15) is 0 Å². The Balaban J connectivity index is 1.72. The summed E-state index contributed by atoms with van der Waals surface area (Å²) >= 11 is 0. The molecule has 0 aliphatic carbocycles. The monoisotopic (exact) mass is 377 g/mol. The normalized spacial score (nSPS) is 11.4. The number of ether oxygens (including phenoxy) is 3. The van der Waals surface area contributed by atoms with E-state index in [1.165, 1.54) is 0 Å². The molecule has 0 spiro atoms. The van der Waals surface area contributed by atoms with Gasteiger partial charge in [0.05, 0.1) is 12.8 Å². The highest BCUT2D eigenvalue weighted by molar-refractivity contribution is 5.95. The van der Waals surface area contributed by atoms with Crippen LogP contribution in [0.4, 0.5) is 5.69 Å². The first-order chi connectivity index (χ1) is 13.7. The molecule has 144 valence electrons. The average Bonchev–Trinajstić information content (AvgIpc) is 2.74. The summed E-state index contributed by atoms with van der Waals surface area (Å²) in [6.07, 6.45) is -0.123. The molecule has 0 aromatic heterocycles. The van der Waals surface area contributed by atoms with Gasteiger partial charge in [-0.25, -0.2) is 0 Å². The summed E-state index contributed by atoms with van der Waals surface area (Å²) in [4.78, 5) is 12.8. The number of rotatable bonds is 8. The summed E-state index contributed by atoms with van der Waals surface area (Å²) in [6, 6.07) is 23.9. The predicted octanol–water partition coefficient (Wildman–Crippen LogP) is 5.28. The van der Waals surface area contributed by atoms with Crippen LogP contribution in [0.2, 0.25) is 0 Å². The number of hydrogen-bond acceptors (Lipinski definition) is 4. The molecule has 1 N–H and O–H groups in total. The molecule has 0 saturated carbocycles. The SMILES string of the molecule is CC[C@@H](Oc1cccc(OC)c1)C(=O)Nc1ccccc1Oc1ccccc1. The molecular formula is C23H23NO4. The largest absolute Gasteiger partial charge is 0.497 e. The molecular weight excluding hydrogens is 354 g/mol. The van der Waals surface area contributed by atoms with Gasteiger partial charge in [-0.15, -0.1) is 0 Å². The van der Waals surface area contributed by atoms with E-state index in [1.54, 1.807) is 25.3 Å². The molecule has 0 bridgehead atoms. The van der Waals surface area contributed by atoms with Gasteiger partial charge in [-0.3, -0.25) is 4.79 Å². The van der Waals surface area contributed by atoms with Crippen LogP contribution in [0.5, 0.6) is 23.0 Å².